The largest absolute Gasteiger partial charge is 0.322 e. The van der Waals surface area contributed by atoms with Crippen molar-refractivity contribution in [2.24, 2.45) is 5.41 Å². The van der Waals surface area contributed by atoms with Gasteiger partial charge in [-0.3, -0.25) is 19.7 Å². The molecule has 1 aromatic carbocycles. The van der Waals surface area contributed by atoms with Crippen molar-refractivity contribution in [2.45, 2.75) is 57.3 Å². The van der Waals surface area contributed by atoms with Gasteiger partial charge in [0.15, 0.2) is 0 Å². The minimum atomic E-state index is -0.551. The molecule has 5 rings (SSSR count). The topological polar surface area (TPSA) is 90.5 Å². The molecule has 0 aromatic heterocycles. The van der Waals surface area contributed by atoms with E-state index in [2.05, 4.69) is 22.0 Å². The van der Waals surface area contributed by atoms with Crippen molar-refractivity contribution in [3.05, 3.63) is 34.9 Å². The van der Waals surface area contributed by atoms with Crippen LogP contribution in [0.5, 0.6) is 0 Å². The Balaban J connectivity index is 1.21. The van der Waals surface area contributed by atoms with E-state index in [1.807, 2.05) is 12.1 Å². The van der Waals surface area contributed by atoms with E-state index < -0.39 is 6.04 Å². The molecule has 3 N–H and O–H groups in total. The zero-order valence-electron chi connectivity index (χ0n) is 15.9. The van der Waals surface area contributed by atoms with Gasteiger partial charge < -0.3 is 15.5 Å². The van der Waals surface area contributed by atoms with Crippen LogP contribution >= 0.6 is 0 Å². The van der Waals surface area contributed by atoms with Crippen LogP contribution in [0.15, 0.2) is 18.2 Å². The van der Waals surface area contributed by atoms with Crippen LogP contribution < -0.4 is 16.0 Å². The summed E-state index contributed by atoms with van der Waals surface area (Å²) in [4.78, 5) is 38.0. The summed E-state index contributed by atoms with van der Waals surface area (Å²) >= 11 is 0. The molecule has 2 saturated heterocycles. The molecule has 1 atom stereocenters. The van der Waals surface area contributed by atoms with Crippen molar-refractivity contribution in [1.29, 1.82) is 0 Å². The van der Waals surface area contributed by atoms with E-state index >= 15 is 0 Å². The van der Waals surface area contributed by atoms with Gasteiger partial charge in [0.2, 0.25) is 11.8 Å². The van der Waals surface area contributed by atoms with Crippen molar-refractivity contribution in [3.63, 3.8) is 0 Å². The lowest BCUT2D eigenvalue weighted by atomic mass is 9.65. The van der Waals surface area contributed by atoms with Crippen LogP contribution in [0.25, 0.3) is 0 Å². The van der Waals surface area contributed by atoms with Crippen LogP contribution in [0.4, 0.5) is 0 Å². The first-order valence-electron chi connectivity index (χ1n) is 10.2. The lowest BCUT2D eigenvalue weighted by molar-refractivity contribution is -0.136. The highest BCUT2D eigenvalue weighted by Gasteiger charge is 2.45. The average molecular weight is 382 g/mol. The first-order chi connectivity index (χ1) is 13.5. The number of hydrogen-bond donors (Lipinski definition) is 3. The van der Waals surface area contributed by atoms with Gasteiger partial charge in [0.1, 0.15) is 6.04 Å². The summed E-state index contributed by atoms with van der Waals surface area (Å²) in [6, 6.07) is 6.04. The molecule has 7 heteroatoms. The molecule has 1 saturated carbocycles. The first kappa shape index (κ1) is 17.8. The van der Waals surface area contributed by atoms with Gasteiger partial charge in [-0.2, -0.15) is 0 Å². The van der Waals surface area contributed by atoms with Crippen LogP contribution in [0.1, 0.15) is 53.6 Å². The molecular formula is C21H26N4O3. The summed E-state index contributed by atoms with van der Waals surface area (Å²) in [5, 5.41) is 9.43. The van der Waals surface area contributed by atoms with Gasteiger partial charge in [-0.15, -0.1) is 0 Å². The maximum Gasteiger partial charge on any atom is 0.255 e. The van der Waals surface area contributed by atoms with Gasteiger partial charge in [-0.25, -0.2) is 0 Å². The lowest BCUT2D eigenvalue weighted by Gasteiger charge is -2.45. The van der Waals surface area contributed by atoms with Crippen LogP contribution in [-0.4, -0.2) is 47.8 Å². The Morgan fingerprint density at radius 3 is 2.82 bits per heavy atom. The maximum absolute atomic E-state index is 12.9. The smallest absolute Gasteiger partial charge is 0.255 e. The predicted octanol–water partition coefficient (Wildman–Crippen LogP) is 0.679. The van der Waals surface area contributed by atoms with Gasteiger partial charge >= 0.3 is 0 Å². The number of amides is 3. The standard InChI is InChI=1S/C21H26N4O3/c26-18-4-3-17(19(27)24-18)25-11-14-2-1-13(7-16(14)20(25)28)10-23-15-8-21(9-15)5-6-22-12-21/h1-2,7,15,17,22-23H,3-6,8-12H2,(H,24,26,27). The lowest BCUT2D eigenvalue weighted by Crippen LogP contribution is -2.52. The summed E-state index contributed by atoms with van der Waals surface area (Å²) in [6.07, 6.45) is 4.43. The second kappa shape index (κ2) is 6.67. The predicted molar refractivity (Wildman–Crippen MR) is 102 cm³/mol. The number of nitrogens with one attached hydrogen (secondary N) is 3. The number of benzene rings is 1. The summed E-state index contributed by atoms with van der Waals surface area (Å²) in [5.74, 6) is -0.726. The van der Waals surface area contributed by atoms with E-state index in [0.717, 1.165) is 30.8 Å². The molecule has 3 aliphatic heterocycles. The second-order valence-electron chi connectivity index (χ2n) is 8.80. The molecule has 28 heavy (non-hydrogen) atoms. The van der Waals surface area contributed by atoms with Crippen molar-refractivity contribution in [1.82, 2.24) is 20.9 Å². The fraction of sp³-hybridized carbons (Fsp3) is 0.571. The average Bonchev–Trinajstić information content (AvgIpc) is 3.25. The third-order valence-electron chi connectivity index (χ3n) is 6.88. The molecule has 3 fully saturated rings. The van der Waals surface area contributed by atoms with E-state index in [1.165, 1.54) is 19.3 Å². The normalized spacial score (nSPS) is 31.9. The number of fused-ring (bicyclic) bond motifs is 1. The molecule has 1 unspecified atom stereocenters. The van der Waals surface area contributed by atoms with Crippen LogP contribution in [-0.2, 0) is 22.7 Å². The third kappa shape index (κ3) is 3.02. The number of rotatable bonds is 4. The van der Waals surface area contributed by atoms with Crippen LogP contribution in [0, 0.1) is 5.41 Å². The van der Waals surface area contributed by atoms with E-state index in [0.29, 0.717) is 30.0 Å². The number of nitrogens with zero attached hydrogens (tertiary/aromatic N) is 1. The van der Waals surface area contributed by atoms with E-state index in [-0.39, 0.29) is 24.1 Å². The number of piperidine rings is 1. The molecule has 1 aromatic rings. The molecule has 3 amide bonds. The molecule has 148 valence electrons. The Bertz CT molecular complexity index is 838. The molecule has 7 nitrogen and oxygen atoms in total. The van der Waals surface area contributed by atoms with E-state index in [4.69, 9.17) is 0 Å². The molecular weight excluding hydrogens is 356 g/mol. The highest BCUT2D eigenvalue weighted by atomic mass is 16.2. The molecule has 1 spiro atoms. The Kier molecular flexibility index (Phi) is 4.25. The summed E-state index contributed by atoms with van der Waals surface area (Å²) in [5.41, 5.74) is 3.27. The highest BCUT2D eigenvalue weighted by molar-refractivity contribution is 6.05. The monoisotopic (exact) mass is 382 g/mol. The molecule has 1 aliphatic carbocycles. The quantitative estimate of drug-likeness (QED) is 0.667. The zero-order chi connectivity index (χ0) is 19.3. The Hall–Kier alpha value is -2.25. The van der Waals surface area contributed by atoms with Crippen LogP contribution in [0.2, 0.25) is 0 Å². The van der Waals surface area contributed by atoms with Gasteiger partial charge in [-0.05, 0) is 54.8 Å². The van der Waals surface area contributed by atoms with Crippen LogP contribution in [0.3, 0.4) is 0 Å². The highest BCUT2D eigenvalue weighted by Crippen LogP contribution is 2.45. The SMILES string of the molecule is O=C1CCC(N2Cc3ccc(CNC4CC5(CCNC5)C4)cc3C2=O)C(=O)N1. The zero-order valence-corrected chi connectivity index (χ0v) is 15.9. The summed E-state index contributed by atoms with van der Waals surface area (Å²) in [7, 11) is 0. The molecule has 3 heterocycles. The fourth-order valence-electron chi connectivity index (χ4n) is 5.25. The minimum Gasteiger partial charge on any atom is -0.322 e. The van der Waals surface area contributed by atoms with E-state index in [1.54, 1.807) is 4.90 Å². The molecule has 0 radical (unpaired) electrons. The minimum absolute atomic E-state index is 0.106. The number of hydrogen-bond acceptors (Lipinski definition) is 5. The Morgan fingerprint density at radius 1 is 1.21 bits per heavy atom. The Labute approximate surface area is 164 Å². The van der Waals surface area contributed by atoms with Crippen molar-refractivity contribution < 1.29 is 14.4 Å². The van der Waals surface area contributed by atoms with Crippen molar-refractivity contribution in [2.75, 3.05) is 13.1 Å². The van der Waals surface area contributed by atoms with Gasteiger partial charge in [0, 0.05) is 37.7 Å². The van der Waals surface area contributed by atoms with Gasteiger partial charge in [-0.1, -0.05) is 12.1 Å². The third-order valence-corrected chi connectivity index (χ3v) is 6.88. The number of carbonyl (C=O) groups excluding carboxylic acids is 3. The number of carbonyl (C=O) groups is 3. The van der Waals surface area contributed by atoms with Crippen molar-refractivity contribution in [3.8, 4) is 0 Å². The number of imide groups is 1. The van der Waals surface area contributed by atoms with Gasteiger partial charge in [0.25, 0.3) is 5.91 Å². The van der Waals surface area contributed by atoms with Crippen molar-refractivity contribution >= 4 is 17.7 Å². The summed E-state index contributed by atoms with van der Waals surface area (Å²) < 4.78 is 0. The summed E-state index contributed by atoms with van der Waals surface area (Å²) in [6.45, 7) is 3.48. The molecule has 4 aliphatic rings. The maximum atomic E-state index is 12.9. The molecule has 0 bridgehead atoms. The first-order valence-corrected chi connectivity index (χ1v) is 10.2. The van der Waals surface area contributed by atoms with E-state index in [9.17, 15) is 14.4 Å². The second-order valence-corrected chi connectivity index (χ2v) is 8.80. The van der Waals surface area contributed by atoms with Gasteiger partial charge in [0.05, 0.1) is 0 Å². The fourth-order valence-corrected chi connectivity index (χ4v) is 5.25. The Morgan fingerprint density at radius 2 is 2.07 bits per heavy atom.